The molecule has 1 aromatic carbocycles. The molecule has 2 heterocycles. The zero-order valence-corrected chi connectivity index (χ0v) is 14.7. The average Bonchev–Trinajstić information content (AvgIpc) is 3.01. The van der Waals surface area contributed by atoms with Crippen LogP contribution in [0.4, 0.5) is 5.69 Å². The van der Waals surface area contributed by atoms with E-state index in [2.05, 4.69) is 15.6 Å². The number of aromatic nitrogens is 3. The molecule has 4 rings (SSSR count). The number of anilines is 1. The van der Waals surface area contributed by atoms with Crippen molar-refractivity contribution < 1.29 is 4.79 Å². The summed E-state index contributed by atoms with van der Waals surface area (Å²) < 4.78 is 1.20. The number of nitrogens with one attached hydrogen (secondary N) is 1. The number of carbonyl (C=O) groups is 1. The van der Waals surface area contributed by atoms with Crippen LogP contribution < -0.4 is 10.9 Å². The topological polar surface area (TPSA) is 76.9 Å². The summed E-state index contributed by atoms with van der Waals surface area (Å²) in [7, 11) is 0. The fourth-order valence-corrected chi connectivity index (χ4v) is 4.42. The van der Waals surface area contributed by atoms with Crippen molar-refractivity contribution in [3.8, 4) is 0 Å². The third-order valence-corrected chi connectivity index (χ3v) is 5.77. The predicted octanol–water partition coefficient (Wildman–Crippen LogP) is 2.93. The zero-order valence-electron chi connectivity index (χ0n) is 13.9. The molecule has 1 amide bonds. The van der Waals surface area contributed by atoms with E-state index in [4.69, 9.17) is 0 Å². The van der Waals surface area contributed by atoms with E-state index >= 15 is 0 Å². The van der Waals surface area contributed by atoms with Gasteiger partial charge in [-0.25, -0.2) is 0 Å². The van der Waals surface area contributed by atoms with Crippen molar-refractivity contribution in [3.63, 3.8) is 0 Å². The second-order valence-corrected chi connectivity index (χ2v) is 7.35. The van der Waals surface area contributed by atoms with Crippen molar-refractivity contribution in [3.05, 3.63) is 51.1 Å². The molecule has 3 aromatic rings. The van der Waals surface area contributed by atoms with Crippen LogP contribution in [0.2, 0.25) is 0 Å². The molecule has 0 saturated heterocycles. The smallest absolute Gasteiger partial charge is 0.279 e. The molecule has 1 aliphatic rings. The molecular weight excluding hydrogens is 336 g/mol. The van der Waals surface area contributed by atoms with Gasteiger partial charge >= 0.3 is 0 Å². The minimum absolute atomic E-state index is 0.222. The average molecular weight is 354 g/mol. The highest BCUT2D eigenvalue weighted by Gasteiger charge is 2.24. The lowest BCUT2D eigenvalue weighted by atomic mass is 9.97. The number of hydrogen-bond acceptors (Lipinski definition) is 5. The number of amides is 1. The van der Waals surface area contributed by atoms with Gasteiger partial charge in [0.2, 0.25) is 5.91 Å². The first-order valence-electron chi connectivity index (χ1n) is 8.41. The van der Waals surface area contributed by atoms with Gasteiger partial charge in [0.05, 0.1) is 5.39 Å². The van der Waals surface area contributed by atoms with Crippen LogP contribution in [0.1, 0.15) is 36.2 Å². The van der Waals surface area contributed by atoms with Gasteiger partial charge in [0.15, 0.2) is 4.83 Å². The second kappa shape index (κ2) is 6.40. The molecule has 0 bridgehead atoms. The highest BCUT2D eigenvalue weighted by Crippen LogP contribution is 2.33. The fourth-order valence-electron chi connectivity index (χ4n) is 3.22. The molecular formula is C18H18N4O2S. The van der Waals surface area contributed by atoms with E-state index in [0.29, 0.717) is 15.9 Å². The minimum atomic E-state index is -0.733. The Balaban J connectivity index is 1.70. The van der Waals surface area contributed by atoms with Crippen LogP contribution in [-0.4, -0.2) is 20.9 Å². The zero-order chi connectivity index (χ0) is 17.4. The summed E-state index contributed by atoms with van der Waals surface area (Å²) in [5, 5.41) is 11.7. The maximum atomic E-state index is 12.9. The number of hydrogen-bond donors (Lipinski definition) is 1. The quantitative estimate of drug-likeness (QED) is 0.784. The standard InChI is InChI=1S/C18H18N4O2S/c1-11(16(23)19-12-7-3-2-4-8-12)22-18(24)15-13-9-5-6-10-14(13)25-17(15)20-21-22/h2-4,7-8,11H,5-6,9-10H2,1H3,(H,19,23)/t11-/m0/s1. The molecule has 0 saturated carbocycles. The molecule has 0 radical (unpaired) electrons. The van der Waals surface area contributed by atoms with E-state index in [0.717, 1.165) is 31.2 Å². The van der Waals surface area contributed by atoms with E-state index in [1.54, 1.807) is 30.4 Å². The van der Waals surface area contributed by atoms with Crippen LogP contribution in [0, 0.1) is 0 Å². The molecule has 6 nitrogen and oxygen atoms in total. The molecule has 1 aliphatic carbocycles. The number of fused-ring (bicyclic) bond motifs is 3. The monoisotopic (exact) mass is 354 g/mol. The Hall–Kier alpha value is -2.54. The maximum Gasteiger partial charge on any atom is 0.279 e. The molecule has 0 aliphatic heterocycles. The summed E-state index contributed by atoms with van der Waals surface area (Å²) in [5.74, 6) is -0.286. The molecule has 0 unspecified atom stereocenters. The second-order valence-electron chi connectivity index (χ2n) is 6.26. The summed E-state index contributed by atoms with van der Waals surface area (Å²) in [6.07, 6.45) is 4.14. The first kappa shape index (κ1) is 16.0. The number of nitrogens with zero attached hydrogens (tertiary/aromatic N) is 3. The lowest BCUT2D eigenvalue weighted by Gasteiger charge is -2.14. The number of benzene rings is 1. The minimum Gasteiger partial charge on any atom is -0.324 e. The van der Waals surface area contributed by atoms with Gasteiger partial charge in [0.1, 0.15) is 6.04 Å². The fraction of sp³-hybridized carbons (Fsp3) is 0.333. The van der Waals surface area contributed by atoms with Gasteiger partial charge in [-0.15, -0.1) is 16.4 Å². The van der Waals surface area contributed by atoms with E-state index in [1.807, 2.05) is 18.2 Å². The van der Waals surface area contributed by atoms with Gasteiger partial charge in [-0.2, -0.15) is 4.68 Å². The molecule has 2 aromatic heterocycles. The van der Waals surface area contributed by atoms with Crippen LogP contribution in [0.5, 0.6) is 0 Å². The summed E-state index contributed by atoms with van der Waals surface area (Å²) in [5.41, 5.74) is 1.57. The van der Waals surface area contributed by atoms with Crippen LogP contribution in [0.15, 0.2) is 35.1 Å². The Kier molecular flexibility index (Phi) is 4.09. The Morgan fingerprint density at radius 1 is 1.24 bits per heavy atom. The highest BCUT2D eigenvalue weighted by molar-refractivity contribution is 7.18. The molecule has 0 fully saturated rings. The molecule has 7 heteroatoms. The first-order chi connectivity index (χ1) is 12.1. The van der Waals surface area contributed by atoms with Crippen LogP contribution in [0.3, 0.4) is 0 Å². The van der Waals surface area contributed by atoms with E-state index in [-0.39, 0.29) is 11.5 Å². The number of carbonyl (C=O) groups excluding carboxylic acids is 1. The van der Waals surface area contributed by atoms with Gasteiger partial charge in [0.25, 0.3) is 5.56 Å². The summed E-state index contributed by atoms with van der Waals surface area (Å²) in [6.45, 7) is 1.67. The van der Waals surface area contributed by atoms with Crippen molar-refractivity contribution in [2.45, 2.75) is 38.6 Å². The van der Waals surface area contributed by atoms with Crippen molar-refractivity contribution in [2.24, 2.45) is 0 Å². The first-order valence-corrected chi connectivity index (χ1v) is 9.22. The lowest BCUT2D eigenvalue weighted by molar-refractivity contribution is -0.119. The summed E-state index contributed by atoms with van der Waals surface area (Å²) >= 11 is 1.56. The van der Waals surface area contributed by atoms with Crippen LogP contribution >= 0.6 is 11.3 Å². The van der Waals surface area contributed by atoms with Crippen molar-refractivity contribution in [1.29, 1.82) is 0 Å². The molecule has 128 valence electrons. The Labute approximate surface area is 148 Å². The molecule has 1 atom stereocenters. The normalized spacial score (nSPS) is 14.9. The third-order valence-electron chi connectivity index (χ3n) is 4.59. The number of para-hydroxylation sites is 1. The molecule has 25 heavy (non-hydrogen) atoms. The van der Waals surface area contributed by atoms with Gasteiger partial charge in [0, 0.05) is 10.6 Å². The molecule has 0 spiro atoms. The van der Waals surface area contributed by atoms with Crippen molar-refractivity contribution in [1.82, 2.24) is 15.0 Å². The molecule has 1 N–H and O–H groups in total. The van der Waals surface area contributed by atoms with E-state index < -0.39 is 6.04 Å². The summed E-state index contributed by atoms with van der Waals surface area (Å²) in [4.78, 5) is 27.4. The van der Waals surface area contributed by atoms with Gasteiger partial charge in [-0.3, -0.25) is 9.59 Å². The Morgan fingerprint density at radius 2 is 2.00 bits per heavy atom. The Bertz CT molecular complexity index is 993. The van der Waals surface area contributed by atoms with Crippen LogP contribution in [0.25, 0.3) is 10.2 Å². The highest BCUT2D eigenvalue weighted by atomic mass is 32.1. The SMILES string of the molecule is C[C@@H](C(=O)Nc1ccccc1)n1nnc2sc3c(c2c1=O)CCCC3. The van der Waals surface area contributed by atoms with E-state index in [1.165, 1.54) is 9.56 Å². The third kappa shape index (κ3) is 2.84. The van der Waals surface area contributed by atoms with Gasteiger partial charge < -0.3 is 5.32 Å². The number of thiophene rings is 1. The predicted molar refractivity (Wildman–Crippen MR) is 98.1 cm³/mol. The lowest BCUT2D eigenvalue weighted by Crippen LogP contribution is -2.34. The van der Waals surface area contributed by atoms with E-state index in [9.17, 15) is 9.59 Å². The van der Waals surface area contributed by atoms with Crippen molar-refractivity contribution in [2.75, 3.05) is 5.32 Å². The number of aryl methyl sites for hydroxylation is 2. The van der Waals surface area contributed by atoms with Gasteiger partial charge in [-0.05, 0) is 50.3 Å². The maximum absolute atomic E-state index is 12.9. The van der Waals surface area contributed by atoms with Crippen LogP contribution in [-0.2, 0) is 17.6 Å². The number of rotatable bonds is 3. The van der Waals surface area contributed by atoms with Gasteiger partial charge in [-0.1, -0.05) is 23.4 Å². The summed E-state index contributed by atoms with van der Waals surface area (Å²) in [6, 6.07) is 8.44. The van der Waals surface area contributed by atoms with Crippen molar-refractivity contribution >= 4 is 33.1 Å². The Morgan fingerprint density at radius 3 is 2.80 bits per heavy atom. The largest absolute Gasteiger partial charge is 0.324 e.